The van der Waals surface area contributed by atoms with Crippen LogP contribution in [0.25, 0.3) is 0 Å². The van der Waals surface area contributed by atoms with E-state index >= 15 is 0 Å². The summed E-state index contributed by atoms with van der Waals surface area (Å²) in [5.74, 6) is -1.08. The minimum absolute atomic E-state index is 0.0372. The number of nitrogens with zero attached hydrogens (tertiary/aromatic N) is 2. The fourth-order valence-electron chi connectivity index (χ4n) is 4.15. The molecule has 0 aromatic heterocycles. The fraction of sp³-hybridized carbons (Fsp3) is 0.276. The number of para-hydroxylation sites is 2. The van der Waals surface area contributed by atoms with Crippen molar-refractivity contribution in [3.05, 3.63) is 78.4 Å². The van der Waals surface area contributed by atoms with E-state index in [0.717, 1.165) is 12.8 Å². The highest BCUT2D eigenvalue weighted by atomic mass is 16.5. The number of carboxylic acid groups (broad SMARTS) is 1. The zero-order chi connectivity index (χ0) is 27.7. The number of hydrogen-bond acceptors (Lipinski definition) is 6. The minimum atomic E-state index is -1.08. The highest BCUT2D eigenvalue weighted by Gasteiger charge is 2.46. The number of unbranched alkanes of at least 4 members (excludes halogenated alkanes) is 1. The molecule has 2 amide bonds. The van der Waals surface area contributed by atoms with E-state index in [4.69, 9.17) is 19.3 Å². The van der Waals surface area contributed by atoms with E-state index in [-0.39, 0.29) is 28.9 Å². The Hall–Kier alpha value is -4.53. The normalized spacial score (nSPS) is 13.2. The number of anilines is 2. The van der Waals surface area contributed by atoms with E-state index < -0.39 is 11.9 Å². The lowest BCUT2D eigenvalue weighted by Gasteiger charge is -2.27. The van der Waals surface area contributed by atoms with Gasteiger partial charge in [-0.2, -0.15) is 0 Å². The second-order valence-corrected chi connectivity index (χ2v) is 8.35. The zero-order valence-corrected chi connectivity index (χ0v) is 21.9. The quantitative estimate of drug-likeness (QED) is 0.387. The van der Waals surface area contributed by atoms with Crippen molar-refractivity contribution in [1.29, 1.82) is 0 Å². The monoisotopic (exact) mass is 520 g/mol. The maximum absolute atomic E-state index is 12.9. The van der Waals surface area contributed by atoms with Gasteiger partial charge < -0.3 is 19.3 Å². The molecule has 1 heterocycles. The number of hydrogen-bond donors (Lipinski definition) is 1. The Balaban J connectivity index is 0.000000232. The van der Waals surface area contributed by atoms with Gasteiger partial charge in [0.2, 0.25) is 5.75 Å². The molecular weight excluding hydrogens is 488 g/mol. The predicted molar refractivity (Wildman–Crippen MR) is 144 cm³/mol. The molecule has 4 rings (SSSR count). The number of aromatic carboxylic acids is 1. The molecule has 0 saturated carbocycles. The molecule has 9 nitrogen and oxygen atoms in total. The summed E-state index contributed by atoms with van der Waals surface area (Å²) in [6, 6.07) is 21.6. The average Bonchev–Trinajstić information content (AvgIpc) is 3.20. The second-order valence-electron chi connectivity index (χ2n) is 8.35. The van der Waals surface area contributed by atoms with Crippen LogP contribution in [-0.4, -0.2) is 44.2 Å². The van der Waals surface area contributed by atoms with Crippen LogP contribution in [0.5, 0.6) is 17.2 Å². The second kappa shape index (κ2) is 13.1. The largest absolute Gasteiger partial charge is 0.493 e. The van der Waals surface area contributed by atoms with Crippen molar-refractivity contribution in [3.63, 3.8) is 0 Å². The lowest BCUT2D eigenvalue weighted by atomic mass is 10.0. The molecule has 0 radical (unpaired) electrons. The van der Waals surface area contributed by atoms with Crippen LogP contribution in [-0.2, 0) is 9.59 Å². The van der Waals surface area contributed by atoms with Gasteiger partial charge in [0, 0.05) is 0 Å². The summed E-state index contributed by atoms with van der Waals surface area (Å²) >= 11 is 0. The van der Waals surface area contributed by atoms with Gasteiger partial charge in [-0.3, -0.25) is 9.59 Å². The van der Waals surface area contributed by atoms with E-state index in [2.05, 4.69) is 6.92 Å². The Morgan fingerprint density at radius 3 is 1.66 bits per heavy atom. The summed E-state index contributed by atoms with van der Waals surface area (Å²) < 4.78 is 15.0. The maximum atomic E-state index is 12.9. The van der Waals surface area contributed by atoms with Crippen LogP contribution in [0.3, 0.4) is 0 Å². The van der Waals surface area contributed by atoms with Crippen LogP contribution in [0.4, 0.5) is 11.4 Å². The molecule has 0 atom stereocenters. The van der Waals surface area contributed by atoms with Crippen molar-refractivity contribution in [2.45, 2.75) is 26.2 Å². The summed E-state index contributed by atoms with van der Waals surface area (Å²) in [5, 5.41) is 11.9. The summed E-state index contributed by atoms with van der Waals surface area (Å²) in [5.41, 5.74) is 1.47. The molecular formula is C29H32N2O7. The SMILES string of the molecule is CCCCC1C(=O)N(c2ccccc2)N(c2ccccc2)C1=O.COc1ccc(C(=O)O)c(OC)c1OC. The van der Waals surface area contributed by atoms with Crippen molar-refractivity contribution in [2.24, 2.45) is 5.92 Å². The van der Waals surface area contributed by atoms with E-state index in [9.17, 15) is 14.4 Å². The minimum Gasteiger partial charge on any atom is -0.493 e. The van der Waals surface area contributed by atoms with Gasteiger partial charge in [-0.15, -0.1) is 0 Å². The van der Waals surface area contributed by atoms with Crippen LogP contribution < -0.4 is 24.2 Å². The number of methoxy groups -OCH3 is 3. The summed E-state index contributed by atoms with van der Waals surface area (Å²) in [4.78, 5) is 36.6. The molecule has 1 aliphatic heterocycles. The summed E-state index contributed by atoms with van der Waals surface area (Å²) in [7, 11) is 4.27. The van der Waals surface area contributed by atoms with E-state index in [0.29, 0.717) is 23.5 Å². The number of hydrazine groups is 1. The van der Waals surface area contributed by atoms with Crippen LogP contribution in [0.1, 0.15) is 36.5 Å². The molecule has 3 aromatic carbocycles. The maximum Gasteiger partial charge on any atom is 0.339 e. The van der Waals surface area contributed by atoms with Crippen LogP contribution >= 0.6 is 0 Å². The van der Waals surface area contributed by atoms with E-state index in [1.54, 1.807) is 0 Å². The van der Waals surface area contributed by atoms with Crippen LogP contribution in [0.15, 0.2) is 72.8 Å². The Labute approximate surface area is 222 Å². The van der Waals surface area contributed by atoms with Gasteiger partial charge in [0.05, 0.1) is 32.7 Å². The average molecular weight is 521 g/mol. The summed E-state index contributed by atoms with van der Waals surface area (Å²) in [6.45, 7) is 2.06. The first-order chi connectivity index (χ1) is 18.4. The van der Waals surface area contributed by atoms with Crippen molar-refractivity contribution < 1.29 is 33.7 Å². The van der Waals surface area contributed by atoms with E-state index in [1.807, 2.05) is 60.7 Å². The van der Waals surface area contributed by atoms with Crippen molar-refractivity contribution in [1.82, 2.24) is 0 Å². The molecule has 200 valence electrons. The molecule has 0 unspecified atom stereocenters. The zero-order valence-electron chi connectivity index (χ0n) is 21.9. The number of carbonyl (C=O) groups excluding carboxylic acids is 2. The molecule has 0 bridgehead atoms. The van der Waals surface area contributed by atoms with Gasteiger partial charge in [-0.25, -0.2) is 14.8 Å². The molecule has 1 fully saturated rings. The molecule has 9 heteroatoms. The first kappa shape index (κ1) is 28.0. The van der Waals surface area contributed by atoms with Crippen LogP contribution in [0.2, 0.25) is 0 Å². The number of rotatable bonds is 9. The molecule has 3 aromatic rings. The predicted octanol–water partition coefficient (Wildman–Crippen LogP) is 5.20. The smallest absolute Gasteiger partial charge is 0.339 e. The van der Waals surface area contributed by atoms with Gasteiger partial charge in [0.15, 0.2) is 11.5 Å². The Kier molecular flexibility index (Phi) is 9.70. The van der Waals surface area contributed by atoms with Gasteiger partial charge in [-0.05, 0) is 42.8 Å². The number of ether oxygens (including phenoxy) is 3. The molecule has 1 saturated heterocycles. The van der Waals surface area contributed by atoms with Crippen molar-refractivity contribution in [2.75, 3.05) is 31.3 Å². The molecule has 0 aliphatic carbocycles. The standard InChI is InChI=1S/C19H20N2O2.C10H12O5/c1-2-3-14-17-18(22)20(15-10-6-4-7-11-15)21(19(17)23)16-12-8-5-9-13-16;1-13-7-5-4-6(10(11)12)8(14-2)9(7)15-3/h4-13,17H,2-3,14H2,1H3;4-5H,1-3H3,(H,11,12). The first-order valence-electron chi connectivity index (χ1n) is 12.2. The molecule has 38 heavy (non-hydrogen) atoms. The molecule has 0 spiro atoms. The highest BCUT2D eigenvalue weighted by Crippen LogP contribution is 2.39. The first-order valence-corrected chi connectivity index (χ1v) is 12.2. The lowest BCUT2D eigenvalue weighted by molar-refractivity contribution is -0.127. The number of benzene rings is 3. The third-order valence-electron chi connectivity index (χ3n) is 6.00. The van der Waals surface area contributed by atoms with Gasteiger partial charge in [0.25, 0.3) is 11.8 Å². The third kappa shape index (κ3) is 5.88. The topological polar surface area (TPSA) is 106 Å². The Morgan fingerprint density at radius 1 is 0.763 bits per heavy atom. The Bertz CT molecular complexity index is 1190. The van der Waals surface area contributed by atoms with Gasteiger partial charge in [0.1, 0.15) is 11.5 Å². The fourth-order valence-corrected chi connectivity index (χ4v) is 4.15. The Morgan fingerprint density at radius 2 is 1.26 bits per heavy atom. The summed E-state index contributed by atoms with van der Waals surface area (Å²) in [6.07, 6.45) is 2.43. The van der Waals surface area contributed by atoms with Crippen molar-refractivity contribution >= 4 is 29.2 Å². The molecule has 1 N–H and O–H groups in total. The number of amides is 2. The number of carbonyl (C=O) groups is 3. The third-order valence-corrected chi connectivity index (χ3v) is 6.00. The van der Waals surface area contributed by atoms with Crippen LogP contribution in [0, 0.1) is 5.92 Å². The van der Waals surface area contributed by atoms with Gasteiger partial charge in [-0.1, -0.05) is 56.2 Å². The molecule has 1 aliphatic rings. The van der Waals surface area contributed by atoms with Crippen molar-refractivity contribution in [3.8, 4) is 17.2 Å². The van der Waals surface area contributed by atoms with E-state index in [1.165, 1.54) is 43.5 Å². The van der Waals surface area contributed by atoms with Gasteiger partial charge >= 0.3 is 5.97 Å². The lowest BCUT2D eigenvalue weighted by Crippen LogP contribution is -2.41. The number of carboxylic acids is 1. The highest BCUT2D eigenvalue weighted by molar-refractivity contribution is 6.23.